The number of fused-ring (bicyclic) bond motifs is 1. The normalized spacial score (nSPS) is 15.5. The number of benzene rings is 1. The van der Waals surface area contributed by atoms with Crippen molar-refractivity contribution in [3.63, 3.8) is 0 Å². The van der Waals surface area contributed by atoms with Gasteiger partial charge < -0.3 is 0 Å². The summed E-state index contributed by atoms with van der Waals surface area (Å²) in [7, 11) is 0. The van der Waals surface area contributed by atoms with Crippen molar-refractivity contribution < 1.29 is 13.2 Å². The molecular weight excluding hydrogens is 193 g/mol. The lowest BCUT2D eigenvalue weighted by molar-refractivity contribution is 0.612. The highest BCUT2D eigenvalue weighted by molar-refractivity contribution is 5.99. The number of allylic oxidation sites excluding steroid dienone is 1. The molecule has 2 nitrogen and oxygen atoms in total. The maximum Gasteiger partial charge on any atom is 0.269 e. The molecular formula is C9H5F3N2. The Labute approximate surface area is 77.7 Å². The Hall–Kier alpha value is -1.78. The van der Waals surface area contributed by atoms with Crippen molar-refractivity contribution in [1.29, 1.82) is 0 Å². The number of halogens is 3. The standard InChI is InChI=1S/C9H5F3N2/c10-7-5-3-1-2-4-6(5)13-14-9(12)8(7)11/h1-4,13H. The van der Waals surface area contributed by atoms with Crippen LogP contribution in [0.2, 0.25) is 0 Å². The lowest BCUT2D eigenvalue weighted by Crippen LogP contribution is -1.93. The first-order valence-electron chi connectivity index (χ1n) is 3.84. The van der Waals surface area contributed by atoms with Gasteiger partial charge in [-0.1, -0.05) is 12.1 Å². The van der Waals surface area contributed by atoms with E-state index in [1.807, 2.05) is 0 Å². The summed E-state index contributed by atoms with van der Waals surface area (Å²) in [6.45, 7) is 0. The molecule has 1 aliphatic rings. The first-order chi connectivity index (χ1) is 6.70. The highest BCUT2D eigenvalue weighted by atomic mass is 19.2. The van der Waals surface area contributed by atoms with Crippen LogP contribution in [0.4, 0.5) is 18.9 Å². The molecule has 0 aliphatic carbocycles. The summed E-state index contributed by atoms with van der Waals surface area (Å²) in [6, 6.07) is 5.95. The van der Waals surface area contributed by atoms with E-state index >= 15 is 0 Å². The van der Waals surface area contributed by atoms with Crippen LogP contribution in [-0.4, -0.2) is 5.97 Å². The van der Waals surface area contributed by atoms with Gasteiger partial charge in [-0.3, -0.25) is 5.43 Å². The molecule has 1 aromatic rings. The van der Waals surface area contributed by atoms with Crippen LogP contribution in [-0.2, 0) is 0 Å². The molecule has 1 aliphatic heterocycles. The summed E-state index contributed by atoms with van der Waals surface area (Å²) in [6.07, 6.45) is 0. The summed E-state index contributed by atoms with van der Waals surface area (Å²) < 4.78 is 38.8. The molecule has 14 heavy (non-hydrogen) atoms. The highest BCUT2D eigenvalue weighted by Gasteiger charge is 2.20. The number of hydrogen-bond donors (Lipinski definition) is 1. The van der Waals surface area contributed by atoms with Gasteiger partial charge in [0.1, 0.15) is 0 Å². The quantitative estimate of drug-likeness (QED) is 0.680. The van der Waals surface area contributed by atoms with Gasteiger partial charge in [0.15, 0.2) is 5.83 Å². The van der Waals surface area contributed by atoms with Crippen LogP contribution in [0.15, 0.2) is 35.2 Å². The second-order valence-electron chi connectivity index (χ2n) is 2.69. The van der Waals surface area contributed by atoms with E-state index < -0.39 is 17.6 Å². The Morgan fingerprint density at radius 3 is 2.50 bits per heavy atom. The van der Waals surface area contributed by atoms with Crippen molar-refractivity contribution in [2.24, 2.45) is 5.10 Å². The van der Waals surface area contributed by atoms with Gasteiger partial charge in [-0.2, -0.15) is 8.78 Å². The number of anilines is 1. The van der Waals surface area contributed by atoms with Gasteiger partial charge in [-0.25, -0.2) is 4.39 Å². The summed E-state index contributed by atoms with van der Waals surface area (Å²) in [5.41, 5.74) is 2.42. The van der Waals surface area contributed by atoms with Crippen LogP contribution in [0.3, 0.4) is 0 Å². The highest BCUT2D eigenvalue weighted by Crippen LogP contribution is 2.31. The van der Waals surface area contributed by atoms with Gasteiger partial charge in [0.05, 0.1) is 5.69 Å². The number of para-hydroxylation sites is 1. The minimum absolute atomic E-state index is 0.0404. The van der Waals surface area contributed by atoms with Crippen molar-refractivity contribution in [2.75, 3.05) is 5.43 Å². The van der Waals surface area contributed by atoms with Crippen LogP contribution in [0, 0.1) is 0 Å². The van der Waals surface area contributed by atoms with Gasteiger partial charge in [0.2, 0.25) is 5.83 Å². The van der Waals surface area contributed by atoms with Crippen molar-refractivity contribution in [1.82, 2.24) is 0 Å². The lowest BCUT2D eigenvalue weighted by Gasteiger charge is -2.02. The molecule has 0 atom stereocenters. The van der Waals surface area contributed by atoms with Gasteiger partial charge in [0, 0.05) is 5.56 Å². The zero-order chi connectivity index (χ0) is 10.1. The van der Waals surface area contributed by atoms with Crippen LogP contribution in [0.5, 0.6) is 0 Å². The zero-order valence-electron chi connectivity index (χ0n) is 6.89. The van der Waals surface area contributed by atoms with E-state index in [1.165, 1.54) is 18.2 Å². The molecule has 1 N–H and O–H groups in total. The Balaban J connectivity index is 2.65. The molecule has 0 saturated heterocycles. The van der Waals surface area contributed by atoms with E-state index in [0.29, 0.717) is 0 Å². The summed E-state index contributed by atoms with van der Waals surface area (Å²) in [5, 5.41) is 3.02. The summed E-state index contributed by atoms with van der Waals surface area (Å²) in [4.78, 5) is 0. The van der Waals surface area contributed by atoms with Crippen molar-refractivity contribution in [2.45, 2.75) is 0 Å². The number of hydrogen-bond acceptors (Lipinski definition) is 2. The molecule has 5 heteroatoms. The molecule has 0 spiro atoms. The Kier molecular flexibility index (Phi) is 1.99. The smallest absolute Gasteiger partial charge is 0.269 e. The summed E-state index contributed by atoms with van der Waals surface area (Å²) >= 11 is 0. The molecule has 2 rings (SSSR count). The Morgan fingerprint density at radius 1 is 1.00 bits per heavy atom. The second-order valence-corrected chi connectivity index (χ2v) is 2.69. The third-order valence-corrected chi connectivity index (χ3v) is 1.81. The monoisotopic (exact) mass is 198 g/mol. The fourth-order valence-corrected chi connectivity index (χ4v) is 1.14. The number of nitrogens with one attached hydrogen (secondary N) is 1. The van der Waals surface area contributed by atoms with E-state index in [2.05, 4.69) is 10.5 Å². The van der Waals surface area contributed by atoms with Gasteiger partial charge >= 0.3 is 0 Å². The number of hydrazone groups is 1. The Morgan fingerprint density at radius 2 is 1.71 bits per heavy atom. The van der Waals surface area contributed by atoms with E-state index in [4.69, 9.17) is 0 Å². The van der Waals surface area contributed by atoms with Gasteiger partial charge in [-0.15, -0.1) is 5.10 Å². The average Bonchev–Trinajstić information content (AvgIpc) is 2.32. The SMILES string of the molecule is FC1=NNc2ccccc2C(F)=C1F. The topological polar surface area (TPSA) is 24.4 Å². The van der Waals surface area contributed by atoms with Crippen molar-refractivity contribution >= 4 is 17.5 Å². The first kappa shape index (κ1) is 8.80. The number of nitrogens with zero attached hydrogens (tertiary/aromatic N) is 1. The molecule has 0 aromatic heterocycles. The zero-order valence-corrected chi connectivity index (χ0v) is 6.89. The first-order valence-corrected chi connectivity index (χ1v) is 3.84. The molecule has 1 aromatic carbocycles. The maximum absolute atomic E-state index is 13.2. The molecule has 0 fully saturated rings. The van der Waals surface area contributed by atoms with Gasteiger partial charge in [0.25, 0.3) is 5.97 Å². The predicted molar refractivity (Wildman–Crippen MR) is 47.7 cm³/mol. The van der Waals surface area contributed by atoms with E-state index in [-0.39, 0.29) is 11.3 Å². The van der Waals surface area contributed by atoms with Crippen LogP contribution in [0.1, 0.15) is 5.56 Å². The predicted octanol–water partition coefficient (Wildman–Crippen LogP) is 3.00. The third kappa shape index (κ3) is 1.26. The van der Waals surface area contributed by atoms with Crippen LogP contribution in [0.25, 0.3) is 5.83 Å². The molecule has 0 saturated carbocycles. The average molecular weight is 198 g/mol. The minimum Gasteiger partial charge on any atom is -0.275 e. The van der Waals surface area contributed by atoms with Crippen LogP contribution >= 0.6 is 0 Å². The molecule has 1 heterocycles. The van der Waals surface area contributed by atoms with Crippen LogP contribution < -0.4 is 5.43 Å². The van der Waals surface area contributed by atoms with E-state index in [1.54, 1.807) is 6.07 Å². The fraction of sp³-hybridized carbons (Fsp3) is 0. The second kappa shape index (κ2) is 3.17. The van der Waals surface area contributed by atoms with Gasteiger partial charge in [-0.05, 0) is 12.1 Å². The maximum atomic E-state index is 13.2. The largest absolute Gasteiger partial charge is 0.275 e. The molecule has 0 radical (unpaired) electrons. The lowest BCUT2D eigenvalue weighted by atomic mass is 10.1. The number of rotatable bonds is 0. The third-order valence-electron chi connectivity index (χ3n) is 1.81. The molecule has 72 valence electrons. The molecule has 0 unspecified atom stereocenters. The Bertz CT molecular complexity index is 437. The molecule has 0 amide bonds. The van der Waals surface area contributed by atoms with Crippen molar-refractivity contribution in [3.05, 3.63) is 35.7 Å². The van der Waals surface area contributed by atoms with E-state index in [9.17, 15) is 13.2 Å². The fourth-order valence-electron chi connectivity index (χ4n) is 1.14. The molecule has 0 bridgehead atoms. The van der Waals surface area contributed by atoms with Crippen molar-refractivity contribution in [3.8, 4) is 0 Å². The summed E-state index contributed by atoms with van der Waals surface area (Å²) in [5.74, 6) is -4.31. The van der Waals surface area contributed by atoms with E-state index in [0.717, 1.165) is 0 Å². The minimum atomic E-state index is -1.58.